The van der Waals surface area contributed by atoms with Gasteiger partial charge in [-0.3, -0.25) is 10.1 Å². The number of nitrogens with zero attached hydrogens (tertiary/aromatic N) is 1. The van der Waals surface area contributed by atoms with Crippen molar-refractivity contribution in [3.05, 3.63) is 34.1 Å². The Bertz CT molecular complexity index is 465. The molecule has 2 N–H and O–H groups in total. The first-order valence-corrected chi connectivity index (χ1v) is 6.05. The van der Waals surface area contributed by atoms with Crippen molar-refractivity contribution < 1.29 is 19.2 Å². The van der Waals surface area contributed by atoms with Crippen LogP contribution in [0.15, 0.2) is 18.2 Å². The van der Waals surface area contributed by atoms with Gasteiger partial charge < -0.3 is 15.2 Å². The number of nitro groups is 1. The minimum absolute atomic E-state index is 0.193. The van der Waals surface area contributed by atoms with Gasteiger partial charge in [0.15, 0.2) is 5.82 Å². The third-order valence-electron chi connectivity index (χ3n) is 2.78. The lowest BCUT2D eigenvalue weighted by molar-refractivity contribution is -0.386. The van der Waals surface area contributed by atoms with Crippen molar-refractivity contribution in [2.24, 2.45) is 0 Å². The van der Waals surface area contributed by atoms with Crippen molar-refractivity contribution in [2.75, 3.05) is 13.2 Å². The number of ether oxygens (including phenoxy) is 1. The van der Waals surface area contributed by atoms with E-state index in [0.29, 0.717) is 12.6 Å². The summed E-state index contributed by atoms with van der Waals surface area (Å²) in [4.78, 5) is 10.0. The second kappa shape index (κ2) is 5.94. The van der Waals surface area contributed by atoms with E-state index in [-0.39, 0.29) is 6.61 Å². The topological polar surface area (TPSA) is 84.6 Å². The van der Waals surface area contributed by atoms with Gasteiger partial charge in [-0.2, -0.15) is 0 Å². The van der Waals surface area contributed by atoms with Crippen LogP contribution in [-0.2, 0) is 0 Å². The Hall–Kier alpha value is -1.73. The average Bonchev–Trinajstić information content (AvgIpc) is 3.18. The molecule has 1 aliphatic rings. The number of aliphatic hydroxyl groups excluding tert-OH is 1. The van der Waals surface area contributed by atoms with E-state index in [0.717, 1.165) is 25.0 Å². The summed E-state index contributed by atoms with van der Waals surface area (Å²) in [6.45, 7) is 0.133. The first kappa shape index (κ1) is 13.7. The number of rotatable bonds is 7. The van der Waals surface area contributed by atoms with E-state index in [4.69, 9.17) is 4.74 Å². The normalized spacial score (nSPS) is 16.1. The zero-order chi connectivity index (χ0) is 13.8. The molecule has 104 valence electrons. The Morgan fingerprint density at radius 2 is 2.32 bits per heavy atom. The van der Waals surface area contributed by atoms with Crippen LogP contribution in [0.3, 0.4) is 0 Å². The first-order valence-electron chi connectivity index (χ1n) is 6.05. The standard InChI is InChI=1S/C12H15FN2O4/c13-10-2-1-3-11(15(17)18)12(10)19-7-9(16)6-14-8-4-5-8/h1-3,8-9,14,16H,4-7H2. The van der Waals surface area contributed by atoms with Gasteiger partial charge in [-0.05, 0) is 18.9 Å². The highest BCUT2D eigenvalue weighted by Gasteiger charge is 2.23. The lowest BCUT2D eigenvalue weighted by Crippen LogP contribution is -2.32. The molecule has 6 nitrogen and oxygen atoms in total. The van der Waals surface area contributed by atoms with Crippen molar-refractivity contribution >= 4 is 5.69 Å². The third kappa shape index (κ3) is 3.87. The maximum Gasteiger partial charge on any atom is 0.314 e. The lowest BCUT2D eigenvalue weighted by Gasteiger charge is -2.13. The summed E-state index contributed by atoms with van der Waals surface area (Å²) in [7, 11) is 0. The molecule has 1 atom stereocenters. The molecule has 0 aliphatic heterocycles. The smallest absolute Gasteiger partial charge is 0.314 e. The van der Waals surface area contributed by atoms with Gasteiger partial charge in [-0.15, -0.1) is 0 Å². The van der Waals surface area contributed by atoms with E-state index >= 15 is 0 Å². The van der Waals surface area contributed by atoms with Gasteiger partial charge in [0.1, 0.15) is 12.7 Å². The van der Waals surface area contributed by atoms with Gasteiger partial charge in [0, 0.05) is 18.7 Å². The van der Waals surface area contributed by atoms with Crippen LogP contribution in [-0.4, -0.2) is 35.3 Å². The van der Waals surface area contributed by atoms with Crippen LogP contribution in [0.25, 0.3) is 0 Å². The lowest BCUT2D eigenvalue weighted by atomic mass is 10.3. The van der Waals surface area contributed by atoms with Crippen molar-refractivity contribution in [3.8, 4) is 5.75 Å². The molecule has 2 rings (SSSR count). The van der Waals surface area contributed by atoms with Crippen molar-refractivity contribution in [3.63, 3.8) is 0 Å². The summed E-state index contributed by atoms with van der Waals surface area (Å²) in [5.74, 6) is -1.24. The van der Waals surface area contributed by atoms with Crippen LogP contribution in [0.5, 0.6) is 5.75 Å². The molecule has 1 aromatic rings. The molecule has 1 saturated carbocycles. The van der Waals surface area contributed by atoms with Gasteiger partial charge in [0.05, 0.1) is 4.92 Å². The van der Waals surface area contributed by atoms with Crippen molar-refractivity contribution in [2.45, 2.75) is 25.0 Å². The van der Waals surface area contributed by atoms with E-state index < -0.39 is 28.3 Å². The van der Waals surface area contributed by atoms with Crippen LogP contribution in [0.1, 0.15) is 12.8 Å². The van der Waals surface area contributed by atoms with Gasteiger partial charge >= 0.3 is 5.69 Å². The minimum atomic E-state index is -0.834. The zero-order valence-electron chi connectivity index (χ0n) is 10.2. The molecule has 19 heavy (non-hydrogen) atoms. The Kier molecular flexibility index (Phi) is 4.28. The van der Waals surface area contributed by atoms with Crippen LogP contribution >= 0.6 is 0 Å². The second-order valence-electron chi connectivity index (χ2n) is 4.49. The number of benzene rings is 1. The Labute approximate surface area is 109 Å². The summed E-state index contributed by atoms with van der Waals surface area (Å²) in [5.41, 5.74) is -0.442. The highest BCUT2D eigenvalue weighted by molar-refractivity contribution is 5.46. The van der Waals surface area contributed by atoms with E-state index in [2.05, 4.69) is 5.32 Å². The summed E-state index contributed by atoms with van der Waals surface area (Å²) < 4.78 is 18.5. The maximum absolute atomic E-state index is 13.5. The van der Waals surface area contributed by atoms with Crippen molar-refractivity contribution in [1.82, 2.24) is 5.32 Å². The predicted octanol–water partition coefficient (Wildman–Crippen LogP) is 1.23. The molecular formula is C12H15FN2O4. The molecular weight excluding hydrogens is 255 g/mol. The average molecular weight is 270 g/mol. The molecule has 0 saturated heterocycles. The summed E-state index contributed by atoms with van der Waals surface area (Å²) in [6, 6.07) is 3.92. The minimum Gasteiger partial charge on any atom is -0.482 e. The van der Waals surface area contributed by atoms with Gasteiger partial charge in [0.2, 0.25) is 5.75 Å². The Morgan fingerprint density at radius 3 is 2.95 bits per heavy atom. The number of hydrogen-bond donors (Lipinski definition) is 2. The van der Waals surface area contributed by atoms with E-state index in [1.54, 1.807) is 0 Å². The monoisotopic (exact) mass is 270 g/mol. The fourth-order valence-corrected chi connectivity index (χ4v) is 1.61. The van der Waals surface area contributed by atoms with Crippen LogP contribution in [0.2, 0.25) is 0 Å². The number of para-hydroxylation sites is 1. The third-order valence-corrected chi connectivity index (χ3v) is 2.78. The number of nitro benzene ring substituents is 1. The van der Waals surface area contributed by atoms with Gasteiger partial charge in [0.25, 0.3) is 0 Å². The zero-order valence-corrected chi connectivity index (χ0v) is 10.2. The fraction of sp³-hybridized carbons (Fsp3) is 0.500. The molecule has 0 bridgehead atoms. The molecule has 0 heterocycles. The molecule has 0 aromatic heterocycles. The SMILES string of the molecule is O=[N+]([O-])c1cccc(F)c1OCC(O)CNC1CC1. The van der Waals surface area contributed by atoms with E-state index in [1.807, 2.05) is 0 Å². The van der Waals surface area contributed by atoms with Crippen LogP contribution < -0.4 is 10.1 Å². The molecule has 1 aliphatic carbocycles. The number of nitrogens with one attached hydrogen (secondary N) is 1. The number of aliphatic hydroxyl groups is 1. The molecule has 0 amide bonds. The van der Waals surface area contributed by atoms with Crippen LogP contribution in [0.4, 0.5) is 10.1 Å². The predicted molar refractivity (Wildman–Crippen MR) is 65.6 cm³/mol. The Balaban J connectivity index is 1.92. The molecule has 1 unspecified atom stereocenters. The quantitative estimate of drug-likeness (QED) is 0.575. The van der Waals surface area contributed by atoms with Gasteiger partial charge in [-0.1, -0.05) is 6.07 Å². The molecule has 0 spiro atoms. The Morgan fingerprint density at radius 1 is 1.58 bits per heavy atom. The van der Waals surface area contributed by atoms with Crippen LogP contribution in [0, 0.1) is 15.9 Å². The molecule has 1 aromatic carbocycles. The van der Waals surface area contributed by atoms with E-state index in [9.17, 15) is 19.6 Å². The fourth-order valence-electron chi connectivity index (χ4n) is 1.61. The number of halogens is 1. The van der Waals surface area contributed by atoms with E-state index in [1.165, 1.54) is 6.07 Å². The molecule has 0 radical (unpaired) electrons. The first-order chi connectivity index (χ1) is 9.08. The van der Waals surface area contributed by atoms with Gasteiger partial charge in [-0.25, -0.2) is 4.39 Å². The largest absolute Gasteiger partial charge is 0.482 e. The number of hydrogen-bond acceptors (Lipinski definition) is 5. The maximum atomic E-state index is 13.5. The summed E-state index contributed by atoms with van der Waals surface area (Å²) in [5, 5.41) is 23.4. The highest BCUT2D eigenvalue weighted by atomic mass is 19.1. The van der Waals surface area contributed by atoms with Crippen molar-refractivity contribution in [1.29, 1.82) is 0 Å². The molecule has 1 fully saturated rings. The highest BCUT2D eigenvalue weighted by Crippen LogP contribution is 2.29. The second-order valence-corrected chi connectivity index (χ2v) is 4.49. The molecule has 7 heteroatoms. The summed E-state index contributed by atoms with van der Waals surface area (Å²) in [6.07, 6.45) is 1.35. The summed E-state index contributed by atoms with van der Waals surface area (Å²) >= 11 is 0.